The lowest BCUT2D eigenvalue weighted by Crippen LogP contribution is -2.31. The second-order valence-electron chi connectivity index (χ2n) is 7.95. The van der Waals surface area contributed by atoms with Gasteiger partial charge in [0.2, 0.25) is 0 Å². The van der Waals surface area contributed by atoms with E-state index < -0.39 is 5.41 Å². The van der Waals surface area contributed by atoms with Gasteiger partial charge in [-0.2, -0.15) is 0 Å². The second kappa shape index (κ2) is 8.76. The first-order chi connectivity index (χ1) is 15.0. The summed E-state index contributed by atoms with van der Waals surface area (Å²) >= 11 is 8.05. The molecule has 2 aliphatic carbocycles. The molecule has 0 nitrogen and oxygen atoms in total. The van der Waals surface area contributed by atoms with E-state index in [1.165, 1.54) is 39.0 Å². The number of alkyl halides is 2. The van der Waals surface area contributed by atoms with E-state index in [0.717, 1.165) is 5.57 Å². The van der Waals surface area contributed by atoms with Crippen molar-refractivity contribution in [2.75, 3.05) is 0 Å². The Morgan fingerprint density at radius 3 is 1.97 bits per heavy atom. The minimum absolute atomic E-state index is 0.144. The van der Waals surface area contributed by atoms with Crippen LogP contribution in [-0.2, 0) is 5.41 Å². The third-order valence-electron chi connectivity index (χ3n) is 6.42. The van der Waals surface area contributed by atoms with E-state index in [1.807, 2.05) is 12.2 Å². The molecule has 0 N–H and O–H groups in total. The van der Waals surface area contributed by atoms with Gasteiger partial charge in [-0.15, -0.1) is 0 Å². The highest BCUT2D eigenvalue weighted by molar-refractivity contribution is 9.12. The number of fused-ring (bicyclic) bond motifs is 4. The number of halogens is 2. The van der Waals surface area contributed by atoms with Gasteiger partial charge in [0.1, 0.15) is 0 Å². The van der Waals surface area contributed by atoms with Gasteiger partial charge < -0.3 is 0 Å². The molecule has 1 spiro atoms. The summed E-state index contributed by atoms with van der Waals surface area (Å²) in [6.45, 7) is 12.7. The SMILES string of the molecule is C=C/C=C\C1=C(C)C(=C)/C(=C\C=C/C)C12c1ccccc1C(Br)C(Br)c1ccccc12. The summed E-state index contributed by atoms with van der Waals surface area (Å²) in [5, 5.41) is 0. The van der Waals surface area contributed by atoms with Gasteiger partial charge in [-0.1, -0.05) is 130 Å². The van der Waals surface area contributed by atoms with Gasteiger partial charge >= 0.3 is 0 Å². The van der Waals surface area contributed by atoms with Crippen molar-refractivity contribution in [3.8, 4) is 0 Å². The Bertz CT molecular complexity index is 1120. The molecule has 0 saturated carbocycles. The van der Waals surface area contributed by atoms with Gasteiger partial charge in [-0.25, -0.2) is 0 Å². The van der Waals surface area contributed by atoms with Crippen molar-refractivity contribution in [2.24, 2.45) is 0 Å². The van der Waals surface area contributed by atoms with Gasteiger partial charge in [-0.3, -0.25) is 0 Å². The monoisotopic (exact) mass is 532 g/mol. The van der Waals surface area contributed by atoms with E-state index in [-0.39, 0.29) is 9.65 Å². The molecule has 0 aromatic heterocycles. The number of hydrogen-bond donors (Lipinski definition) is 0. The maximum absolute atomic E-state index is 4.55. The quantitative estimate of drug-likeness (QED) is 0.272. The number of hydrogen-bond acceptors (Lipinski definition) is 0. The van der Waals surface area contributed by atoms with Crippen LogP contribution < -0.4 is 0 Å². The average Bonchev–Trinajstić information content (AvgIpc) is 2.97. The first-order valence-corrected chi connectivity index (χ1v) is 12.3. The fraction of sp³-hybridized carbons (Fsp3) is 0.172. The molecule has 2 aliphatic rings. The highest BCUT2D eigenvalue weighted by Gasteiger charge is 2.51. The molecule has 2 aromatic rings. The molecule has 2 heteroatoms. The van der Waals surface area contributed by atoms with Crippen LogP contribution in [0.1, 0.15) is 45.8 Å². The summed E-state index contributed by atoms with van der Waals surface area (Å²) < 4.78 is 0. The van der Waals surface area contributed by atoms with Gasteiger partial charge in [0.05, 0.1) is 15.1 Å². The van der Waals surface area contributed by atoms with E-state index in [0.29, 0.717) is 0 Å². The van der Waals surface area contributed by atoms with E-state index in [1.54, 1.807) is 0 Å². The molecule has 0 heterocycles. The van der Waals surface area contributed by atoms with E-state index in [9.17, 15) is 0 Å². The summed E-state index contributed by atoms with van der Waals surface area (Å²) in [6.07, 6.45) is 12.6. The van der Waals surface area contributed by atoms with Crippen LogP contribution in [0.3, 0.4) is 0 Å². The Balaban J connectivity index is 2.26. The van der Waals surface area contributed by atoms with Crippen LogP contribution >= 0.6 is 31.9 Å². The topological polar surface area (TPSA) is 0 Å². The summed E-state index contributed by atoms with van der Waals surface area (Å²) in [6, 6.07) is 17.6. The van der Waals surface area contributed by atoms with Crippen molar-refractivity contribution in [1.29, 1.82) is 0 Å². The predicted molar refractivity (Wildman–Crippen MR) is 141 cm³/mol. The lowest BCUT2D eigenvalue weighted by atomic mass is 9.65. The molecule has 2 atom stereocenters. The molecular weight excluding hydrogens is 508 g/mol. The van der Waals surface area contributed by atoms with Crippen LogP contribution in [0, 0.1) is 0 Å². The lowest BCUT2D eigenvalue weighted by molar-refractivity contribution is 0.752. The smallest absolute Gasteiger partial charge is 0.0716 e. The van der Waals surface area contributed by atoms with Gasteiger partial charge in [0.25, 0.3) is 0 Å². The Kier molecular flexibility index (Phi) is 6.23. The Labute approximate surface area is 202 Å². The molecule has 0 amide bonds. The number of benzene rings is 2. The fourth-order valence-corrected chi connectivity index (χ4v) is 6.42. The minimum atomic E-state index is -0.443. The van der Waals surface area contributed by atoms with Crippen LogP contribution in [0.4, 0.5) is 0 Å². The van der Waals surface area contributed by atoms with Gasteiger partial charge in [0.15, 0.2) is 0 Å². The molecule has 0 saturated heterocycles. The molecule has 2 aromatic carbocycles. The van der Waals surface area contributed by atoms with E-state index >= 15 is 0 Å². The second-order valence-corrected chi connectivity index (χ2v) is 9.92. The fourth-order valence-electron chi connectivity index (χ4n) is 5.05. The predicted octanol–water partition coefficient (Wildman–Crippen LogP) is 8.99. The van der Waals surface area contributed by atoms with Crippen molar-refractivity contribution in [3.05, 3.63) is 143 Å². The third kappa shape index (κ3) is 3.23. The minimum Gasteiger partial charge on any atom is -0.0991 e. The average molecular weight is 534 g/mol. The first kappa shape index (κ1) is 22.0. The highest BCUT2D eigenvalue weighted by atomic mass is 79.9. The van der Waals surface area contributed by atoms with E-state index in [4.69, 9.17) is 0 Å². The maximum Gasteiger partial charge on any atom is 0.0716 e. The van der Waals surface area contributed by atoms with Crippen LogP contribution in [-0.4, -0.2) is 0 Å². The molecule has 156 valence electrons. The molecule has 0 aliphatic heterocycles. The zero-order valence-electron chi connectivity index (χ0n) is 17.9. The molecule has 0 radical (unpaired) electrons. The normalized spacial score (nSPS) is 26.7. The molecular formula is C29H26Br2. The standard InChI is InChI=1S/C29H26Br2/c1-5-7-15-23-19(3)20(4)24(16-8-6-2)29(23)25-17-11-9-13-21(25)27(30)28(31)22-14-10-12-18-26(22)29/h5-18,27-28H,1,4H2,2-3H3/b8-6-,15-7-,24-16+. The van der Waals surface area contributed by atoms with Gasteiger partial charge in [-0.05, 0) is 58.4 Å². The Morgan fingerprint density at radius 2 is 1.45 bits per heavy atom. The van der Waals surface area contributed by atoms with Crippen LogP contribution in [0.5, 0.6) is 0 Å². The Hall–Kier alpha value is -2.16. The van der Waals surface area contributed by atoms with Crippen molar-refractivity contribution < 1.29 is 0 Å². The van der Waals surface area contributed by atoms with Crippen molar-refractivity contribution in [1.82, 2.24) is 0 Å². The Morgan fingerprint density at radius 1 is 0.903 bits per heavy atom. The van der Waals surface area contributed by atoms with Crippen molar-refractivity contribution >= 4 is 31.9 Å². The summed E-state index contributed by atoms with van der Waals surface area (Å²) in [4.78, 5) is 0.289. The zero-order chi connectivity index (χ0) is 22.2. The molecule has 2 unspecified atom stereocenters. The van der Waals surface area contributed by atoms with Crippen molar-refractivity contribution in [2.45, 2.75) is 28.9 Å². The highest BCUT2D eigenvalue weighted by Crippen LogP contribution is 2.62. The van der Waals surface area contributed by atoms with E-state index in [2.05, 4.69) is 132 Å². The summed E-state index contributed by atoms with van der Waals surface area (Å²) in [5.41, 5.74) is 9.53. The zero-order valence-corrected chi connectivity index (χ0v) is 21.1. The number of rotatable bonds is 3. The van der Waals surface area contributed by atoms with Gasteiger partial charge in [0, 0.05) is 0 Å². The maximum atomic E-state index is 4.55. The first-order valence-electron chi connectivity index (χ1n) is 10.5. The summed E-state index contributed by atoms with van der Waals surface area (Å²) in [7, 11) is 0. The van der Waals surface area contributed by atoms with Crippen LogP contribution in [0.25, 0.3) is 0 Å². The van der Waals surface area contributed by atoms with Crippen LogP contribution in [0.15, 0.2) is 120 Å². The molecule has 0 bridgehead atoms. The molecule has 0 fully saturated rings. The third-order valence-corrected chi connectivity index (χ3v) is 9.18. The summed E-state index contributed by atoms with van der Waals surface area (Å²) in [5.74, 6) is 0. The van der Waals surface area contributed by atoms with Crippen LogP contribution in [0.2, 0.25) is 0 Å². The molecule has 4 rings (SSSR count). The van der Waals surface area contributed by atoms with Crippen molar-refractivity contribution in [3.63, 3.8) is 0 Å². The number of allylic oxidation sites excluding steroid dienone is 10. The molecule has 31 heavy (non-hydrogen) atoms. The largest absolute Gasteiger partial charge is 0.0991 e. The lowest BCUT2D eigenvalue weighted by Gasteiger charge is -2.36.